The van der Waals surface area contributed by atoms with Crippen LogP contribution in [0.2, 0.25) is 0 Å². The number of fused-ring (bicyclic) bond motifs is 4. The van der Waals surface area contributed by atoms with E-state index in [9.17, 15) is 9.59 Å². The Morgan fingerprint density at radius 1 is 1.03 bits per heavy atom. The van der Waals surface area contributed by atoms with E-state index in [4.69, 9.17) is 0 Å². The highest BCUT2D eigenvalue weighted by Crippen LogP contribution is 2.43. The molecule has 0 N–H and O–H groups in total. The highest BCUT2D eigenvalue weighted by molar-refractivity contribution is 5.78. The predicted molar refractivity (Wildman–Crippen MR) is 112 cm³/mol. The summed E-state index contributed by atoms with van der Waals surface area (Å²) in [7, 11) is 0. The second-order valence-corrected chi connectivity index (χ2v) is 10.3. The van der Waals surface area contributed by atoms with Gasteiger partial charge in [0.25, 0.3) is 0 Å². The average Bonchev–Trinajstić information content (AvgIpc) is 3.22. The number of hydrogen-bond donors (Lipinski definition) is 0. The van der Waals surface area contributed by atoms with Gasteiger partial charge in [-0.15, -0.1) is 0 Å². The number of likely N-dealkylation sites (tertiary alicyclic amines) is 1. The first-order chi connectivity index (χ1) is 14.1. The van der Waals surface area contributed by atoms with Crippen LogP contribution in [0.1, 0.15) is 64.2 Å². The molecule has 2 amide bonds. The maximum absolute atomic E-state index is 13.5. The molecule has 0 spiro atoms. The van der Waals surface area contributed by atoms with Crippen LogP contribution in [0.5, 0.6) is 0 Å². The fourth-order valence-corrected chi connectivity index (χ4v) is 6.80. The molecule has 4 aliphatic rings. The lowest BCUT2D eigenvalue weighted by atomic mass is 9.71. The molecule has 0 aromatic carbocycles. The van der Waals surface area contributed by atoms with Crippen LogP contribution in [0.4, 0.5) is 0 Å². The zero-order valence-electron chi connectivity index (χ0n) is 17.6. The van der Waals surface area contributed by atoms with E-state index >= 15 is 0 Å². The van der Waals surface area contributed by atoms with Gasteiger partial charge in [0.15, 0.2) is 0 Å². The summed E-state index contributed by atoms with van der Waals surface area (Å²) in [5.41, 5.74) is 0.119. The molecule has 5 nitrogen and oxygen atoms in total. The summed E-state index contributed by atoms with van der Waals surface area (Å²) in [5, 5.41) is 0. The van der Waals surface area contributed by atoms with Crippen LogP contribution in [-0.4, -0.2) is 51.9 Å². The van der Waals surface area contributed by atoms with Crippen LogP contribution in [-0.2, 0) is 16.1 Å². The molecule has 1 aliphatic carbocycles. The molecule has 29 heavy (non-hydrogen) atoms. The minimum atomic E-state index is 0.119. The van der Waals surface area contributed by atoms with Gasteiger partial charge < -0.3 is 14.4 Å². The van der Waals surface area contributed by atoms with E-state index in [-0.39, 0.29) is 5.41 Å². The highest BCUT2D eigenvalue weighted by Gasteiger charge is 2.45. The SMILES string of the molecule is O=C(CC1(Cn2cccc2)CCCCC1)N1CC2CC(C1)C1CCCC(=O)N1C2. The predicted octanol–water partition coefficient (Wildman–Crippen LogP) is 3.69. The Bertz CT molecular complexity index is 737. The number of nitrogens with zero attached hydrogens (tertiary/aromatic N) is 3. The quantitative estimate of drug-likeness (QED) is 0.778. The fourth-order valence-electron chi connectivity index (χ4n) is 6.80. The minimum Gasteiger partial charge on any atom is -0.354 e. The summed E-state index contributed by atoms with van der Waals surface area (Å²) < 4.78 is 2.27. The molecule has 5 rings (SSSR count). The molecule has 1 aromatic rings. The van der Waals surface area contributed by atoms with Crippen molar-refractivity contribution >= 4 is 11.8 Å². The van der Waals surface area contributed by atoms with Crippen molar-refractivity contribution in [1.82, 2.24) is 14.4 Å². The van der Waals surface area contributed by atoms with Crippen LogP contribution in [0.3, 0.4) is 0 Å². The third-order valence-corrected chi connectivity index (χ3v) is 8.16. The molecule has 3 aliphatic heterocycles. The molecule has 5 heteroatoms. The molecule has 4 fully saturated rings. The normalized spacial score (nSPS) is 31.4. The lowest BCUT2D eigenvalue weighted by molar-refractivity contribution is -0.149. The largest absolute Gasteiger partial charge is 0.354 e. The monoisotopic (exact) mass is 397 g/mol. The van der Waals surface area contributed by atoms with Gasteiger partial charge in [0.05, 0.1) is 0 Å². The molecule has 1 aromatic heterocycles. The van der Waals surface area contributed by atoms with Gasteiger partial charge in [-0.1, -0.05) is 19.3 Å². The lowest BCUT2D eigenvalue weighted by Crippen LogP contribution is -2.61. The Kier molecular flexibility index (Phi) is 5.17. The van der Waals surface area contributed by atoms with Gasteiger partial charge in [0, 0.05) is 57.5 Å². The molecule has 4 heterocycles. The molecule has 0 radical (unpaired) electrons. The Morgan fingerprint density at radius 3 is 2.62 bits per heavy atom. The second kappa shape index (κ2) is 7.81. The fraction of sp³-hybridized carbons (Fsp3) is 0.750. The van der Waals surface area contributed by atoms with E-state index in [1.807, 2.05) is 0 Å². The Morgan fingerprint density at radius 2 is 1.83 bits per heavy atom. The van der Waals surface area contributed by atoms with Crippen molar-refractivity contribution in [2.24, 2.45) is 17.3 Å². The van der Waals surface area contributed by atoms with E-state index in [1.54, 1.807) is 0 Å². The topological polar surface area (TPSA) is 45.6 Å². The van der Waals surface area contributed by atoms with Crippen LogP contribution >= 0.6 is 0 Å². The van der Waals surface area contributed by atoms with E-state index in [0.29, 0.717) is 36.1 Å². The summed E-state index contributed by atoms with van der Waals surface area (Å²) in [6.07, 6.45) is 15.2. The third-order valence-electron chi connectivity index (χ3n) is 8.16. The number of amides is 2. The van der Waals surface area contributed by atoms with Gasteiger partial charge in [-0.3, -0.25) is 9.59 Å². The molecule has 2 bridgehead atoms. The summed E-state index contributed by atoms with van der Waals surface area (Å²) >= 11 is 0. The smallest absolute Gasteiger partial charge is 0.223 e. The maximum atomic E-state index is 13.5. The Hall–Kier alpha value is -1.78. The van der Waals surface area contributed by atoms with Crippen molar-refractivity contribution in [3.05, 3.63) is 24.5 Å². The number of carbonyl (C=O) groups is 2. The van der Waals surface area contributed by atoms with Gasteiger partial charge in [0.1, 0.15) is 0 Å². The van der Waals surface area contributed by atoms with Crippen molar-refractivity contribution < 1.29 is 9.59 Å². The molecule has 3 atom stereocenters. The maximum Gasteiger partial charge on any atom is 0.223 e. The van der Waals surface area contributed by atoms with Gasteiger partial charge in [0.2, 0.25) is 11.8 Å². The highest BCUT2D eigenvalue weighted by atomic mass is 16.2. The number of carbonyl (C=O) groups excluding carboxylic acids is 2. The van der Waals surface area contributed by atoms with Crippen molar-refractivity contribution in [2.45, 2.75) is 76.8 Å². The summed E-state index contributed by atoms with van der Waals surface area (Å²) in [6, 6.07) is 4.55. The number of hydrogen-bond acceptors (Lipinski definition) is 2. The van der Waals surface area contributed by atoms with Crippen LogP contribution in [0.15, 0.2) is 24.5 Å². The average molecular weight is 398 g/mol. The zero-order valence-corrected chi connectivity index (χ0v) is 17.6. The van der Waals surface area contributed by atoms with Gasteiger partial charge in [-0.2, -0.15) is 0 Å². The van der Waals surface area contributed by atoms with Gasteiger partial charge >= 0.3 is 0 Å². The molecule has 3 unspecified atom stereocenters. The van der Waals surface area contributed by atoms with E-state index < -0.39 is 0 Å². The molecule has 3 saturated heterocycles. The van der Waals surface area contributed by atoms with Gasteiger partial charge in [-0.25, -0.2) is 0 Å². The Balaban J connectivity index is 1.28. The first-order valence-corrected chi connectivity index (χ1v) is 11.8. The number of aromatic nitrogens is 1. The van der Waals surface area contributed by atoms with Crippen molar-refractivity contribution in [2.75, 3.05) is 19.6 Å². The first kappa shape index (κ1) is 19.2. The third kappa shape index (κ3) is 3.85. The second-order valence-electron chi connectivity index (χ2n) is 10.3. The van der Waals surface area contributed by atoms with Crippen LogP contribution in [0.25, 0.3) is 0 Å². The van der Waals surface area contributed by atoms with Crippen LogP contribution < -0.4 is 0 Å². The minimum absolute atomic E-state index is 0.119. The van der Waals surface area contributed by atoms with E-state index in [2.05, 4.69) is 38.9 Å². The molecule has 1 saturated carbocycles. The number of piperidine rings is 3. The summed E-state index contributed by atoms with van der Waals surface area (Å²) in [5.74, 6) is 1.68. The Labute approximate surface area is 174 Å². The standard InChI is InChI=1S/C24H35N3O2/c28-22-8-6-7-21-20-13-19(16-27(21)22)15-26(17-20)23(29)14-24(9-2-1-3-10-24)18-25-11-4-5-12-25/h4-5,11-12,19-21H,1-3,6-10,13-18H2. The summed E-state index contributed by atoms with van der Waals surface area (Å²) in [6.45, 7) is 3.56. The summed E-state index contributed by atoms with van der Waals surface area (Å²) in [4.78, 5) is 30.2. The number of rotatable bonds is 4. The molecular weight excluding hydrogens is 362 g/mol. The zero-order chi connectivity index (χ0) is 19.8. The lowest BCUT2D eigenvalue weighted by Gasteiger charge is -2.52. The van der Waals surface area contributed by atoms with Crippen molar-refractivity contribution in [1.29, 1.82) is 0 Å². The molecular formula is C24H35N3O2. The van der Waals surface area contributed by atoms with E-state index in [1.165, 1.54) is 38.5 Å². The van der Waals surface area contributed by atoms with Gasteiger partial charge in [-0.05, 0) is 61.5 Å². The van der Waals surface area contributed by atoms with Crippen molar-refractivity contribution in [3.8, 4) is 0 Å². The van der Waals surface area contributed by atoms with E-state index in [0.717, 1.165) is 45.4 Å². The van der Waals surface area contributed by atoms with Crippen molar-refractivity contribution in [3.63, 3.8) is 0 Å². The molecule has 158 valence electrons. The van der Waals surface area contributed by atoms with Crippen LogP contribution in [0, 0.1) is 17.3 Å². The first-order valence-electron chi connectivity index (χ1n) is 11.8.